The van der Waals surface area contributed by atoms with Crippen molar-refractivity contribution in [2.75, 3.05) is 0 Å². The third-order valence-electron chi connectivity index (χ3n) is 3.64. The third kappa shape index (κ3) is 2.81. The zero-order chi connectivity index (χ0) is 12.6. The van der Waals surface area contributed by atoms with Gasteiger partial charge < -0.3 is 5.11 Å². The molecule has 0 heterocycles. The zero-order valence-corrected chi connectivity index (χ0v) is 10.9. The van der Waals surface area contributed by atoms with Crippen LogP contribution in [0.25, 0.3) is 0 Å². The number of rotatable bonds is 4. The average Bonchev–Trinajstić information content (AvgIpc) is 3.05. The summed E-state index contributed by atoms with van der Waals surface area (Å²) in [5.41, 5.74) is 3.31. The van der Waals surface area contributed by atoms with Gasteiger partial charge in [0.25, 0.3) is 0 Å². The largest absolute Gasteiger partial charge is 0.481 e. The smallest absolute Gasteiger partial charge is 0.303 e. The highest BCUT2D eigenvalue weighted by Crippen LogP contribution is 2.45. The monoisotopic (exact) mass is 252 g/mol. The Balaban J connectivity index is 2.32. The topological polar surface area (TPSA) is 37.3 Å². The molecule has 1 aliphatic rings. The lowest BCUT2D eigenvalue weighted by atomic mass is 9.89. The van der Waals surface area contributed by atoms with Gasteiger partial charge in [-0.1, -0.05) is 17.7 Å². The van der Waals surface area contributed by atoms with Gasteiger partial charge in [0.15, 0.2) is 0 Å². The summed E-state index contributed by atoms with van der Waals surface area (Å²) in [7, 11) is 0. The molecule has 3 heteroatoms. The molecule has 0 amide bonds. The van der Waals surface area contributed by atoms with Crippen LogP contribution in [0.4, 0.5) is 0 Å². The number of carbonyl (C=O) groups is 1. The predicted molar refractivity (Wildman–Crippen MR) is 68.6 cm³/mol. The van der Waals surface area contributed by atoms with Gasteiger partial charge in [-0.3, -0.25) is 4.79 Å². The van der Waals surface area contributed by atoms with Gasteiger partial charge in [0.1, 0.15) is 0 Å². The summed E-state index contributed by atoms with van der Waals surface area (Å²) in [6.45, 7) is 4.01. The number of carboxylic acids is 1. The van der Waals surface area contributed by atoms with Crippen molar-refractivity contribution in [1.82, 2.24) is 0 Å². The molecular formula is C14H17ClO2. The molecule has 2 rings (SSSR count). The van der Waals surface area contributed by atoms with Crippen LogP contribution in [-0.4, -0.2) is 11.1 Å². The molecule has 0 aromatic heterocycles. The molecule has 2 nitrogen and oxygen atoms in total. The maximum atomic E-state index is 10.9. The molecule has 17 heavy (non-hydrogen) atoms. The molecule has 1 saturated carbocycles. The first-order chi connectivity index (χ1) is 7.99. The molecule has 1 aliphatic carbocycles. The molecule has 0 spiro atoms. The van der Waals surface area contributed by atoms with Crippen molar-refractivity contribution in [2.24, 2.45) is 5.92 Å². The highest BCUT2D eigenvalue weighted by atomic mass is 35.5. The van der Waals surface area contributed by atoms with Gasteiger partial charge in [-0.15, -0.1) is 0 Å². The number of carboxylic acid groups (broad SMARTS) is 1. The number of aliphatic carboxylic acids is 1. The van der Waals surface area contributed by atoms with E-state index < -0.39 is 5.97 Å². The summed E-state index contributed by atoms with van der Waals surface area (Å²) in [5, 5.41) is 9.73. The molecule has 0 saturated heterocycles. The highest BCUT2D eigenvalue weighted by Gasteiger charge is 2.34. The van der Waals surface area contributed by atoms with Crippen LogP contribution in [0, 0.1) is 19.8 Å². The second-order valence-corrected chi connectivity index (χ2v) is 5.39. The Morgan fingerprint density at radius 3 is 2.59 bits per heavy atom. The molecule has 0 radical (unpaired) electrons. The summed E-state index contributed by atoms with van der Waals surface area (Å²) in [6, 6.07) is 4.03. The number of halogens is 1. The minimum absolute atomic E-state index is 0.129. The van der Waals surface area contributed by atoms with Crippen LogP contribution in [0.3, 0.4) is 0 Å². The molecule has 92 valence electrons. The Labute approximate surface area is 107 Å². The molecular weight excluding hydrogens is 236 g/mol. The van der Waals surface area contributed by atoms with Crippen molar-refractivity contribution in [3.63, 3.8) is 0 Å². The van der Waals surface area contributed by atoms with Gasteiger partial charge in [-0.05, 0) is 61.3 Å². The second kappa shape index (κ2) is 4.69. The Hall–Kier alpha value is -1.02. The van der Waals surface area contributed by atoms with Gasteiger partial charge in [0, 0.05) is 5.02 Å². The van der Waals surface area contributed by atoms with Crippen molar-refractivity contribution in [3.8, 4) is 0 Å². The number of hydrogen-bond acceptors (Lipinski definition) is 1. The molecule has 1 fully saturated rings. The van der Waals surface area contributed by atoms with Crippen molar-refractivity contribution in [2.45, 2.75) is 39.0 Å². The first-order valence-electron chi connectivity index (χ1n) is 5.97. The third-order valence-corrected chi connectivity index (χ3v) is 4.03. The molecule has 1 aromatic rings. The maximum absolute atomic E-state index is 10.9. The van der Waals surface area contributed by atoms with Crippen LogP contribution in [0.15, 0.2) is 12.1 Å². The van der Waals surface area contributed by atoms with E-state index in [0.29, 0.717) is 5.92 Å². The quantitative estimate of drug-likeness (QED) is 0.882. The zero-order valence-electron chi connectivity index (χ0n) is 10.2. The lowest BCUT2D eigenvalue weighted by Crippen LogP contribution is -2.09. The van der Waals surface area contributed by atoms with Crippen molar-refractivity contribution in [3.05, 3.63) is 33.8 Å². The first-order valence-corrected chi connectivity index (χ1v) is 6.35. The first kappa shape index (κ1) is 12.4. The van der Waals surface area contributed by atoms with E-state index in [9.17, 15) is 4.79 Å². The maximum Gasteiger partial charge on any atom is 0.303 e. The molecule has 1 unspecified atom stereocenters. The minimum atomic E-state index is -0.726. The lowest BCUT2D eigenvalue weighted by molar-refractivity contribution is -0.137. The summed E-state index contributed by atoms with van der Waals surface area (Å²) in [4.78, 5) is 10.9. The van der Waals surface area contributed by atoms with Gasteiger partial charge >= 0.3 is 5.97 Å². The molecule has 1 atom stereocenters. The van der Waals surface area contributed by atoms with E-state index in [1.54, 1.807) is 0 Å². The Kier molecular flexibility index (Phi) is 3.43. The number of benzene rings is 1. The Morgan fingerprint density at radius 2 is 2.12 bits per heavy atom. The fourth-order valence-corrected chi connectivity index (χ4v) is 2.58. The average molecular weight is 253 g/mol. The minimum Gasteiger partial charge on any atom is -0.481 e. The molecule has 0 bridgehead atoms. The fraction of sp³-hybridized carbons (Fsp3) is 0.500. The summed E-state index contributed by atoms with van der Waals surface area (Å²) < 4.78 is 0. The van der Waals surface area contributed by atoms with Crippen LogP contribution in [0.5, 0.6) is 0 Å². The Morgan fingerprint density at radius 1 is 1.47 bits per heavy atom. The summed E-state index contributed by atoms with van der Waals surface area (Å²) in [5.74, 6) is -0.0650. The van der Waals surface area contributed by atoms with Gasteiger partial charge in [-0.25, -0.2) is 0 Å². The van der Waals surface area contributed by atoms with Crippen molar-refractivity contribution >= 4 is 17.6 Å². The van der Waals surface area contributed by atoms with E-state index in [0.717, 1.165) is 34.6 Å². The SMILES string of the molecule is Cc1cc(C(CC(=O)O)C2CC2)cc(Cl)c1C. The van der Waals surface area contributed by atoms with E-state index in [1.165, 1.54) is 0 Å². The van der Waals surface area contributed by atoms with E-state index in [2.05, 4.69) is 6.07 Å². The van der Waals surface area contributed by atoms with Crippen LogP contribution < -0.4 is 0 Å². The van der Waals surface area contributed by atoms with Crippen molar-refractivity contribution < 1.29 is 9.90 Å². The van der Waals surface area contributed by atoms with Crippen LogP contribution in [0.2, 0.25) is 5.02 Å². The standard InChI is InChI=1S/C14H17ClO2/c1-8-5-11(6-13(15)9(8)2)12(7-14(16)17)10-3-4-10/h5-6,10,12H,3-4,7H2,1-2H3,(H,16,17). The van der Waals surface area contributed by atoms with E-state index in [1.807, 2.05) is 19.9 Å². The molecule has 1 aromatic carbocycles. The van der Waals surface area contributed by atoms with Crippen LogP contribution in [-0.2, 0) is 4.79 Å². The fourth-order valence-electron chi connectivity index (χ4n) is 2.30. The van der Waals surface area contributed by atoms with Crippen molar-refractivity contribution in [1.29, 1.82) is 0 Å². The van der Waals surface area contributed by atoms with E-state index in [4.69, 9.17) is 16.7 Å². The van der Waals surface area contributed by atoms with Gasteiger partial charge in [-0.2, -0.15) is 0 Å². The Bertz CT molecular complexity index is 427. The predicted octanol–water partition coefficient (Wildman–Crippen LogP) is 3.93. The normalized spacial score (nSPS) is 16.9. The highest BCUT2D eigenvalue weighted by molar-refractivity contribution is 6.31. The van der Waals surface area contributed by atoms with Crippen LogP contribution in [0.1, 0.15) is 41.9 Å². The number of hydrogen-bond donors (Lipinski definition) is 1. The molecule has 1 N–H and O–H groups in total. The lowest BCUT2D eigenvalue weighted by Gasteiger charge is -2.17. The van der Waals surface area contributed by atoms with Gasteiger partial charge in [0.2, 0.25) is 0 Å². The van der Waals surface area contributed by atoms with E-state index in [-0.39, 0.29) is 12.3 Å². The summed E-state index contributed by atoms with van der Waals surface area (Å²) in [6.07, 6.45) is 2.49. The van der Waals surface area contributed by atoms with Gasteiger partial charge in [0.05, 0.1) is 6.42 Å². The second-order valence-electron chi connectivity index (χ2n) is 4.99. The van der Waals surface area contributed by atoms with E-state index >= 15 is 0 Å². The molecule has 0 aliphatic heterocycles. The summed E-state index contributed by atoms with van der Waals surface area (Å²) >= 11 is 6.18. The number of aryl methyl sites for hydroxylation is 1. The van der Waals surface area contributed by atoms with Crippen LogP contribution >= 0.6 is 11.6 Å².